The molecular formula is C16H20N2O2. The van der Waals surface area contributed by atoms with Crippen LogP contribution in [-0.4, -0.2) is 40.6 Å². The van der Waals surface area contributed by atoms with E-state index in [1.807, 2.05) is 4.90 Å². The maximum atomic E-state index is 12.6. The van der Waals surface area contributed by atoms with Gasteiger partial charge in [0.05, 0.1) is 17.7 Å². The van der Waals surface area contributed by atoms with Gasteiger partial charge in [0.25, 0.3) is 5.91 Å². The molecule has 0 aromatic carbocycles. The van der Waals surface area contributed by atoms with Crippen LogP contribution in [0.4, 0.5) is 0 Å². The van der Waals surface area contributed by atoms with Crippen LogP contribution < -0.4 is 0 Å². The number of aromatic nitrogens is 1. The first-order chi connectivity index (χ1) is 9.72. The topological polar surface area (TPSA) is 53.4 Å². The molecule has 1 aromatic rings. The highest BCUT2D eigenvalue weighted by atomic mass is 16.2. The van der Waals surface area contributed by atoms with E-state index in [1.54, 1.807) is 18.5 Å². The van der Waals surface area contributed by atoms with Crippen LogP contribution in [0.15, 0.2) is 18.5 Å². The quantitative estimate of drug-likeness (QED) is 0.834. The number of aliphatic hydroxyl groups is 1. The van der Waals surface area contributed by atoms with Gasteiger partial charge in [0.15, 0.2) is 0 Å². The fraction of sp³-hybridized carbons (Fsp3) is 0.500. The molecule has 0 saturated carbocycles. The average Bonchev–Trinajstić information content (AvgIpc) is 2.47. The lowest BCUT2D eigenvalue weighted by Crippen LogP contribution is -2.39. The van der Waals surface area contributed by atoms with Gasteiger partial charge in [-0.15, -0.1) is 0 Å². The molecule has 4 heteroatoms. The third-order valence-electron chi connectivity index (χ3n) is 3.46. The Hall–Kier alpha value is -1.86. The second-order valence-corrected chi connectivity index (χ2v) is 5.20. The molecule has 1 fully saturated rings. The van der Waals surface area contributed by atoms with E-state index in [1.165, 1.54) is 6.42 Å². The van der Waals surface area contributed by atoms with Gasteiger partial charge in [-0.1, -0.05) is 18.8 Å². The van der Waals surface area contributed by atoms with Gasteiger partial charge in [-0.05, 0) is 24.8 Å². The maximum Gasteiger partial charge on any atom is 0.255 e. The average molecular weight is 272 g/mol. The van der Waals surface area contributed by atoms with E-state index in [0.29, 0.717) is 23.5 Å². The Morgan fingerprint density at radius 3 is 3.20 bits per heavy atom. The van der Waals surface area contributed by atoms with Gasteiger partial charge in [-0.2, -0.15) is 0 Å². The second-order valence-electron chi connectivity index (χ2n) is 5.20. The minimum absolute atomic E-state index is 0.0280. The van der Waals surface area contributed by atoms with Crippen LogP contribution in [0.5, 0.6) is 0 Å². The first-order valence-electron chi connectivity index (χ1n) is 7.05. The highest BCUT2D eigenvalue weighted by Crippen LogP contribution is 2.19. The van der Waals surface area contributed by atoms with Crippen LogP contribution in [0.3, 0.4) is 0 Å². The van der Waals surface area contributed by atoms with Crippen LogP contribution in [0, 0.1) is 17.8 Å². The number of aliphatic hydroxyl groups excluding tert-OH is 1. The molecule has 106 valence electrons. The van der Waals surface area contributed by atoms with Crippen LogP contribution in [0.25, 0.3) is 0 Å². The Bertz CT molecular complexity index is 531. The Morgan fingerprint density at radius 2 is 2.45 bits per heavy atom. The number of hydrogen-bond acceptors (Lipinski definition) is 3. The minimum atomic E-state index is 0.0280. The zero-order valence-electron chi connectivity index (χ0n) is 11.8. The molecule has 1 saturated heterocycles. The number of piperidine rings is 1. The standard InChI is InChI=1S/C16H20N2O2/c1-13-5-4-9-18(12-13)16(20)15-7-8-17-11-14(15)6-2-3-10-19/h7-8,11,13,19H,3-5,9-10,12H2,1H3. The summed E-state index contributed by atoms with van der Waals surface area (Å²) in [6.07, 6.45) is 5.89. The van der Waals surface area contributed by atoms with E-state index in [-0.39, 0.29) is 12.5 Å². The Balaban J connectivity index is 2.19. The van der Waals surface area contributed by atoms with Crippen molar-refractivity contribution < 1.29 is 9.90 Å². The van der Waals surface area contributed by atoms with Gasteiger partial charge in [-0.3, -0.25) is 9.78 Å². The molecule has 2 heterocycles. The monoisotopic (exact) mass is 272 g/mol. The molecule has 1 unspecified atom stereocenters. The minimum Gasteiger partial charge on any atom is -0.395 e. The summed E-state index contributed by atoms with van der Waals surface area (Å²) in [5.74, 6) is 6.36. The molecule has 0 aliphatic carbocycles. The van der Waals surface area contributed by atoms with Crippen molar-refractivity contribution in [3.8, 4) is 11.8 Å². The van der Waals surface area contributed by atoms with Gasteiger partial charge in [0, 0.05) is 31.9 Å². The molecule has 1 amide bonds. The zero-order chi connectivity index (χ0) is 14.4. The summed E-state index contributed by atoms with van der Waals surface area (Å²) >= 11 is 0. The lowest BCUT2D eigenvalue weighted by atomic mass is 9.99. The molecule has 1 N–H and O–H groups in total. The number of likely N-dealkylation sites (tertiary alicyclic amines) is 1. The van der Waals surface area contributed by atoms with E-state index < -0.39 is 0 Å². The number of nitrogens with zero attached hydrogens (tertiary/aromatic N) is 2. The second kappa shape index (κ2) is 7.06. The van der Waals surface area contributed by atoms with Crippen LogP contribution in [-0.2, 0) is 0 Å². The molecule has 1 aliphatic rings. The smallest absolute Gasteiger partial charge is 0.255 e. The molecule has 2 rings (SSSR count). The maximum absolute atomic E-state index is 12.6. The summed E-state index contributed by atoms with van der Waals surface area (Å²) in [7, 11) is 0. The summed E-state index contributed by atoms with van der Waals surface area (Å²) in [5, 5.41) is 8.76. The van der Waals surface area contributed by atoms with Gasteiger partial charge in [0.2, 0.25) is 0 Å². The van der Waals surface area contributed by atoms with E-state index in [4.69, 9.17) is 5.11 Å². The summed E-state index contributed by atoms with van der Waals surface area (Å²) in [4.78, 5) is 18.5. The zero-order valence-corrected chi connectivity index (χ0v) is 11.8. The van der Waals surface area contributed by atoms with Gasteiger partial charge in [-0.25, -0.2) is 0 Å². The van der Waals surface area contributed by atoms with E-state index in [0.717, 1.165) is 19.5 Å². The van der Waals surface area contributed by atoms with Crippen molar-refractivity contribution in [2.45, 2.75) is 26.2 Å². The number of carbonyl (C=O) groups excluding carboxylic acids is 1. The van der Waals surface area contributed by atoms with E-state index in [2.05, 4.69) is 23.7 Å². The summed E-state index contributed by atoms with van der Waals surface area (Å²) < 4.78 is 0. The predicted octanol–water partition coefficient (Wildman–Crippen LogP) is 1.69. The molecule has 4 nitrogen and oxygen atoms in total. The van der Waals surface area contributed by atoms with Gasteiger partial charge >= 0.3 is 0 Å². The number of hydrogen-bond donors (Lipinski definition) is 1. The Kier molecular flexibility index (Phi) is 5.14. The van der Waals surface area contributed by atoms with Crippen LogP contribution >= 0.6 is 0 Å². The first kappa shape index (κ1) is 14.5. The number of pyridine rings is 1. The van der Waals surface area contributed by atoms with Crippen molar-refractivity contribution in [3.63, 3.8) is 0 Å². The van der Waals surface area contributed by atoms with Crippen LogP contribution in [0.1, 0.15) is 42.1 Å². The lowest BCUT2D eigenvalue weighted by molar-refractivity contribution is 0.0682. The molecule has 0 radical (unpaired) electrons. The largest absolute Gasteiger partial charge is 0.395 e. The summed E-state index contributed by atoms with van der Waals surface area (Å²) in [5.41, 5.74) is 1.25. The van der Waals surface area contributed by atoms with E-state index in [9.17, 15) is 4.79 Å². The molecule has 1 aliphatic heterocycles. The van der Waals surface area contributed by atoms with E-state index >= 15 is 0 Å². The van der Waals surface area contributed by atoms with Crippen molar-refractivity contribution in [1.82, 2.24) is 9.88 Å². The van der Waals surface area contributed by atoms with Gasteiger partial charge in [0.1, 0.15) is 0 Å². The lowest BCUT2D eigenvalue weighted by Gasteiger charge is -2.31. The highest BCUT2D eigenvalue weighted by molar-refractivity contribution is 5.96. The molecule has 20 heavy (non-hydrogen) atoms. The van der Waals surface area contributed by atoms with Crippen molar-refractivity contribution in [1.29, 1.82) is 0 Å². The summed E-state index contributed by atoms with van der Waals surface area (Å²) in [6, 6.07) is 1.73. The van der Waals surface area contributed by atoms with Crippen molar-refractivity contribution in [3.05, 3.63) is 29.6 Å². The van der Waals surface area contributed by atoms with Crippen molar-refractivity contribution in [2.75, 3.05) is 19.7 Å². The first-order valence-corrected chi connectivity index (χ1v) is 7.05. The summed E-state index contributed by atoms with van der Waals surface area (Å²) in [6.45, 7) is 3.83. The third kappa shape index (κ3) is 3.58. The Morgan fingerprint density at radius 1 is 1.60 bits per heavy atom. The molecule has 0 bridgehead atoms. The predicted molar refractivity (Wildman–Crippen MR) is 77.1 cm³/mol. The molecule has 1 atom stereocenters. The normalized spacial score (nSPS) is 18.3. The third-order valence-corrected chi connectivity index (χ3v) is 3.46. The fourth-order valence-corrected chi connectivity index (χ4v) is 2.44. The van der Waals surface area contributed by atoms with Crippen molar-refractivity contribution in [2.24, 2.45) is 5.92 Å². The molecule has 1 aromatic heterocycles. The number of rotatable bonds is 2. The number of amides is 1. The number of carbonyl (C=O) groups is 1. The fourth-order valence-electron chi connectivity index (χ4n) is 2.44. The SMILES string of the molecule is CC1CCCN(C(=O)c2ccncc2C#CCCO)C1. The Labute approximate surface area is 119 Å². The van der Waals surface area contributed by atoms with Crippen LogP contribution in [0.2, 0.25) is 0 Å². The highest BCUT2D eigenvalue weighted by Gasteiger charge is 2.23. The molecule has 0 spiro atoms. The van der Waals surface area contributed by atoms with Gasteiger partial charge < -0.3 is 10.0 Å². The van der Waals surface area contributed by atoms with Crippen molar-refractivity contribution >= 4 is 5.91 Å². The molecular weight excluding hydrogens is 252 g/mol.